The molecule has 4 aromatic rings. The molecular formula is C22H18N4O2. The molecule has 0 fully saturated rings. The highest BCUT2D eigenvalue weighted by molar-refractivity contribution is 6.04. The van der Waals surface area contributed by atoms with E-state index in [1.165, 1.54) is 0 Å². The monoisotopic (exact) mass is 370 g/mol. The number of aromatic nitrogens is 2. The van der Waals surface area contributed by atoms with Crippen molar-refractivity contribution in [1.29, 1.82) is 0 Å². The van der Waals surface area contributed by atoms with Crippen LogP contribution in [-0.4, -0.2) is 23.0 Å². The van der Waals surface area contributed by atoms with Gasteiger partial charge in [-0.25, -0.2) is 9.97 Å². The summed E-state index contributed by atoms with van der Waals surface area (Å²) in [7, 11) is 1.58. The van der Waals surface area contributed by atoms with Gasteiger partial charge < -0.3 is 15.4 Å². The van der Waals surface area contributed by atoms with Gasteiger partial charge in [-0.1, -0.05) is 36.4 Å². The van der Waals surface area contributed by atoms with Crippen LogP contribution in [0.1, 0.15) is 10.6 Å². The molecule has 3 aromatic carbocycles. The van der Waals surface area contributed by atoms with E-state index in [0.29, 0.717) is 22.8 Å². The van der Waals surface area contributed by atoms with Gasteiger partial charge in [0.15, 0.2) is 0 Å². The second kappa shape index (κ2) is 7.75. The van der Waals surface area contributed by atoms with E-state index in [-0.39, 0.29) is 5.82 Å². The third-order valence-electron chi connectivity index (χ3n) is 4.17. The molecule has 0 radical (unpaired) electrons. The second-order valence-electron chi connectivity index (χ2n) is 6.09. The smallest absolute Gasteiger partial charge is 0.293 e. The summed E-state index contributed by atoms with van der Waals surface area (Å²) in [5.41, 5.74) is 2.18. The maximum atomic E-state index is 12.8. The number of amides is 1. The van der Waals surface area contributed by atoms with Gasteiger partial charge in [0.1, 0.15) is 11.6 Å². The lowest BCUT2D eigenvalue weighted by Crippen LogP contribution is -2.16. The standard InChI is InChI=1S/C22H18N4O2/c1-28-17-11-7-10-16(14-17)24-22(27)21-25-19-13-6-5-12-18(19)20(26-21)23-15-8-3-2-4-9-15/h2-14H,1H3,(H,24,27)(H,23,25,26). The lowest BCUT2D eigenvalue weighted by molar-refractivity contribution is 0.101. The van der Waals surface area contributed by atoms with Crippen molar-refractivity contribution in [2.75, 3.05) is 17.7 Å². The number of ether oxygens (including phenoxy) is 1. The molecule has 6 nitrogen and oxygen atoms in total. The predicted octanol–water partition coefficient (Wildman–Crippen LogP) is 4.63. The highest BCUT2D eigenvalue weighted by Gasteiger charge is 2.15. The van der Waals surface area contributed by atoms with E-state index in [0.717, 1.165) is 11.1 Å². The zero-order valence-electron chi connectivity index (χ0n) is 15.2. The first-order valence-electron chi connectivity index (χ1n) is 8.77. The summed E-state index contributed by atoms with van der Waals surface area (Å²) in [4.78, 5) is 21.6. The zero-order valence-corrected chi connectivity index (χ0v) is 15.2. The first-order chi connectivity index (χ1) is 13.7. The molecule has 4 rings (SSSR count). The topological polar surface area (TPSA) is 76.1 Å². The van der Waals surface area contributed by atoms with E-state index < -0.39 is 5.91 Å². The summed E-state index contributed by atoms with van der Waals surface area (Å²) in [6, 6.07) is 24.4. The molecule has 0 aliphatic carbocycles. The van der Waals surface area contributed by atoms with Crippen LogP contribution in [0.15, 0.2) is 78.9 Å². The van der Waals surface area contributed by atoms with Crippen molar-refractivity contribution < 1.29 is 9.53 Å². The van der Waals surface area contributed by atoms with Gasteiger partial charge in [0.2, 0.25) is 5.82 Å². The number of methoxy groups -OCH3 is 1. The number of hydrogen-bond acceptors (Lipinski definition) is 5. The Morgan fingerprint density at radius 1 is 0.857 bits per heavy atom. The van der Waals surface area contributed by atoms with E-state index in [1.54, 1.807) is 25.3 Å². The Balaban J connectivity index is 1.69. The van der Waals surface area contributed by atoms with Gasteiger partial charge >= 0.3 is 0 Å². The van der Waals surface area contributed by atoms with Crippen molar-refractivity contribution in [3.8, 4) is 5.75 Å². The van der Waals surface area contributed by atoms with Crippen LogP contribution < -0.4 is 15.4 Å². The van der Waals surface area contributed by atoms with E-state index in [9.17, 15) is 4.79 Å². The van der Waals surface area contributed by atoms with Crippen LogP contribution in [0.4, 0.5) is 17.2 Å². The number of para-hydroxylation sites is 2. The highest BCUT2D eigenvalue weighted by atomic mass is 16.5. The molecule has 0 saturated carbocycles. The number of nitrogens with zero attached hydrogens (tertiary/aromatic N) is 2. The van der Waals surface area contributed by atoms with E-state index in [1.807, 2.05) is 60.7 Å². The lowest BCUT2D eigenvalue weighted by atomic mass is 10.2. The number of fused-ring (bicyclic) bond motifs is 1. The molecule has 6 heteroatoms. The van der Waals surface area contributed by atoms with Gasteiger partial charge in [-0.3, -0.25) is 4.79 Å². The van der Waals surface area contributed by atoms with Crippen molar-refractivity contribution in [3.05, 3.63) is 84.7 Å². The first kappa shape index (κ1) is 17.5. The van der Waals surface area contributed by atoms with Crippen LogP contribution in [0.2, 0.25) is 0 Å². The molecule has 0 spiro atoms. The predicted molar refractivity (Wildman–Crippen MR) is 110 cm³/mol. The van der Waals surface area contributed by atoms with Crippen LogP contribution in [0.5, 0.6) is 5.75 Å². The number of benzene rings is 3. The van der Waals surface area contributed by atoms with E-state index in [4.69, 9.17) is 4.74 Å². The summed E-state index contributed by atoms with van der Waals surface area (Å²) in [5, 5.41) is 6.93. The van der Waals surface area contributed by atoms with E-state index in [2.05, 4.69) is 20.6 Å². The van der Waals surface area contributed by atoms with Gasteiger partial charge in [0, 0.05) is 22.8 Å². The number of nitrogens with one attached hydrogen (secondary N) is 2. The molecule has 28 heavy (non-hydrogen) atoms. The van der Waals surface area contributed by atoms with Crippen molar-refractivity contribution in [2.24, 2.45) is 0 Å². The largest absolute Gasteiger partial charge is 0.497 e. The Kier molecular flexibility index (Phi) is 4.84. The minimum Gasteiger partial charge on any atom is -0.497 e. The molecule has 1 amide bonds. The van der Waals surface area contributed by atoms with Gasteiger partial charge in [-0.15, -0.1) is 0 Å². The Morgan fingerprint density at radius 2 is 1.61 bits per heavy atom. The lowest BCUT2D eigenvalue weighted by Gasteiger charge is -2.11. The third-order valence-corrected chi connectivity index (χ3v) is 4.17. The number of carbonyl (C=O) groups excluding carboxylic acids is 1. The average molecular weight is 370 g/mol. The van der Waals surface area contributed by atoms with E-state index >= 15 is 0 Å². The summed E-state index contributed by atoms with van der Waals surface area (Å²) >= 11 is 0. The minimum atomic E-state index is -0.393. The molecule has 0 bridgehead atoms. The first-order valence-corrected chi connectivity index (χ1v) is 8.77. The van der Waals surface area contributed by atoms with Crippen LogP contribution in [0, 0.1) is 0 Å². The number of carbonyl (C=O) groups is 1. The molecule has 2 N–H and O–H groups in total. The van der Waals surface area contributed by atoms with Crippen LogP contribution in [-0.2, 0) is 0 Å². The van der Waals surface area contributed by atoms with Crippen LogP contribution in [0.3, 0.4) is 0 Å². The summed E-state index contributed by atoms with van der Waals surface area (Å²) in [6.45, 7) is 0. The average Bonchev–Trinajstić information content (AvgIpc) is 2.74. The maximum absolute atomic E-state index is 12.8. The second-order valence-corrected chi connectivity index (χ2v) is 6.09. The molecular weight excluding hydrogens is 352 g/mol. The molecule has 1 aromatic heterocycles. The van der Waals surface area contributed by atoms with Gasteiger partial charge in [-0.05, 0) is 36.4 Å². The quantitative estimate of drug-likeness (QED) is 0.535. The van der Waals surface area contributed by atoms with Crippen molar-refractivity contribution >= 4 is 34.0 Å². The molecule has 0 atom stereocenters. The van der Waals surface area contributed by atoms with Gasteiger partial charge in [-0.2, -0.15) is 0 Å². The molecule has 0 aliphatic rings. The van der Waals surface area contributed by atoms with Crippen LogP contribution >= 0.6 is 0 Å². The fourth-order valence-electron chi connectivity index (χ4n) is 2.82. The maximum Gasteiger partial charge on any atom is 0.293 e. The highest BCUT2D eigenvalue weighted by Crippen LogP contribution is 2.24. The van der Waals surface area contributed by atoms with Crippen LogP contribution in [0.25, 0.3) is 10.9 Å². The Bertz CT molecular complexity index is 1130. The van der Waals surface area contributed by atoms with Gasteiger partial charge in [0.05, 0.1) is 12.6 Å². The normalized spacial score (nSPS) is 10.5. The SMILES string of the molecule is COc1cccc(NC(=O)c2nc(Nc3ccccc3)c3ccccc3n2)c1. The molecule has 138 valence electrons. The summed E-state index contributed by atoms with van der Waals surface area (Å²) in [5.74, 6) is 0.923. The number of anilines is 3. The van der Waals surface area contributed by atoms with Crippen molar-refractivity contribution in [3.63, 3.8) is 0 Å². The minimum absolute atomic E-state index is 0.0833. The molecule has 0 unspecified atom stereocenters. The van der Waals surface area contributed by atoms with Crippen molar-refractivity contribution in [1.82, 2.24) is 9.97 Å². The zero-order chi connectivity index (χ0) is 19.3. The molecule has 0 aliphatic heterocycles. The molecule has 1 heterocycles. The van der Waals surface area contributed by atoms with Gasteiger partial charge in [0.25, 0.3) is 5.91 Å². The fraction of sp³-hybridized carbons (Fsp3) is 0.0455. The Hall–Kier alpha value is -3.93. The number of hydrogen-bond donors (Lipinski definition) is 2. The summed E-state index contributed by atoms with van der Waals surface area (Å²) < 4.78 is 5.19. The summed E-state index contributed by atoms with van der Waals surface area (Å²) in [6.07, 6.45) is 0. The third kappa shape index (κ3) is 3.76. The Labute approximate surface area is 162 Å². The Morgan fingerprint density at radius 3 is 2.43 bits per heavy atom. The molecule has 0 saturated heterocycles. The van der Waals surface area contributed by atoms with Crippen molar-refractivity contribution in [2.45, 2.75) is 0 Å². The fourth-order valence-corrected chi connectivity index (χ4v) is 2.82. The number of rotatable bonds is 5.